The topological polar surface area (TPSA) is 36.7 Å². The van der Waals surface area contributed by atoms with Crippen LogP contribution in [0.5, 0.6) is 0 Å². The number of hydrogen-bond donors (Lipinski definition) is 1. The third kappa shape index (κ3) is 3.78. The summed E-state index contributed by atoms with van der Waals surface area (Å²) in [4.78, 5) is 16.5. The molecule has 0 atom stereocenters. The van der Waals surface area contributed by atoms with E-state index in [1.54, 1.807) is 6.07 Å². The number of aryl methyl sites for hydroxylation is 1. The van der Waals surface area contributed by atoms with E-state index in [2.05, 4.69) is 48.7 Å². The van der Waals surface area contributed by atoms with Crippen LogP contribution < -0.4 is 10.5 Å². The number of nitrogens with zero attached hydrogens (tertiary/aromatic N) is 2. The van der Waals surface area contributed by atoms with E-state index in [1.807, 2.05) is 0 Å². The van der Waals surface area contributed by atoms with Crippen LogP contribution in [0.4, 0.5) is 5.69 Å². The SMILES string of the molecule is CN(C)CCc1cc(=O)oc2cc3c(cc12)CCCN3CCCS. The molecule has 0 amide bonds. The van der Waals surface area contributed by atoms with E-state index < -0.39 is 0 Å². The average Bonchev–Trinajstić information content (AvgIpc) is 2.56. The summed E-state index contributed by atoms with van der Waals surface area (Å²) in [5.41, 5.74) is 4.14. The molecule has 0 radical (unpaired) electrons. The predicted molar refractivity (Wildman–Crippen MR) is 104 cm³/mol. The van der Waals surface area contributed by atoms with Gasteiger partial charge in [0.25, 0.3) is 0 Å². The first kappa shape index (κ1) is 17.4. The van der Waals surface area contributed by atoms with Crippen molar-refractivity contribution in [3.05, 3.63) is 39.7 Å². The van der Waals surface area contributed by atoms with Gasteiger partial charge in [0.2, 0.25) is 0 Å². The molecule has 24 heavy (non-hydrogen) atoms. The molecule has 1 aliphatic rings. The molecule has 2 aromatic rings. The molecule has 1 aromatic carbocycles. The van der Waals surface area contributed by atoms with Crippen LogP contribution in [0, 0.1) is 0 Å². The highest BCUT2D eigenvalue weighted by molar-refractivity contribution is 7.80. The molecule has 5 heteroatoms. The molecular formula is C19H26N2O2S. The van der Waals surface area contributed by atoms with Gasteiger partial charge in [0.1, 0.15) is 5.58 Å². The van der Waals surface area contributed by atoms with Crippen LogP contribution in [-0.2, 0) is 12.8 Å². The van der Waals surface area contributed by atoms with Crippen LogP contribution in [0.2, 0.25) is 0 Å². The van der Waals surface area contributed by atoms with E-state index in [-0.39, 0.29) is 5.63 Å². The molecule has 2 heterocycles. The number of fused-ring (bicyclic) bond motifs is 2. The minimum Gasteiger partial charge on any atom is -0.423 e. The van der Waals surface area contributed by atoms with Crippen molar-refractivity contribution in [2.45, 2.75) is 25.7 Å². The molecule has 0 spiro atoms. The van der Waals surface area contributed by atoms with Gasteiger partial charge in [-0.05, 0) is 62.7 Å². The fraction of sp³-hybridized carbons (Fsp3) is 0.526. The molecule has 0 saturated carbocycles. The summed E-state index contributed by atoms with van der Waals surface area (Å²) >= 11 is 4.33. The predicted octanol–water partition coefficient (Wildman–Crippen LogP) is 2.97. The van der Waals surface area contributed by atoms with Crippen molar-refractivity contribution >= 4 is 29.3 Å². The number of hydrogen-bond acceptors (Lipinski definition) is 5. The van der Waals surface area contributed by atoms with Gasteiger partial charge in [0.15, 0.2) is 0 Å². The van der Waals surface area contributed by atoms with Gasteiger partial charge in [0.05, 0.1) is 0 Å². The van der Waals surface area contributed by atoms with Gasteiger partial charge in [-0.3, -0.25) is 0 Å². The summed E-state index contributed by atoms with van der Waals surface area (Å²) in [6.45, 7) is 2.99. The molecule has 1 aliphatic heterocycles. The summed E-state index contributed by atoms with van der Waals surface area (Å²) in [6.07, 6.45) is 4.19. The van der Waals surface area contributed by atoms with E-state index in [4.69, 9.17) is 4.42 Å². The highest BCUT2D eigenvalue weighted by Crippen LogP contribution is 2.32. The van der Waals surface area contributed by atoms with Gasteiger partial charge in [-0.25, -0.2) is 4.79 Å². The van der Waals surface area contributed by atoms with Crippen molar-refractivity contribution in [3.63, 3.8) is 0 Å². The maximum Gasteiger partial charge on any atom is 0.336 e. The highest BCUT2D eigenvalue weighted by Gasteiger charge is 2.19. The number of thiol groups is 1. The molecule has 0 saturated heterocycles. The van der Waals surface area contributed by atoms with Gasteiger partial charge >= 0.3 is 5.63 Å². The molecular weight excluding hydrogens is 320 g/mol. The second kappa shape index (κ2) is 7.62. The van der Waals surface area contributed by atoms with E-state index in [0.717, 1.165) is 55.6 Å². The van der Waals surface area contributed by atoms with Crippen LogP contribution in [-0.4, -0.2) is 44.4 Å². The Morgan fingerprint density at radius 1 is 1.29 bits per heavy atom. The van der Waals surface area contributed by atoms with Gasteiger partial charge in [0, 0.05) is 42.8 Å². The highest BCUT2D eigenvalue weighted by atomic mass is 32.1. The number of anilines is 1. The van der Waals surface area contributed by atoms with Crippen LogP contribution >= 0.6 is 12.6 Å². The van der Waals surface area contributed by atoms with E-state index >= 15 is 0 Å². The van der Waals surface area contributed by atoms with E-state index in [0.29, 0.717) is 5.58 Å². The smallest absolute Gasteiger partial charge is 0.336 e. The molecule has 130 valence electrons. The van der Waals surface area contributed by atoms with Gasteiger partial charge in [-0.1, -0.05) is 0 Å². The van der Waals surface area contributed by atoms with E-state index in [1.165, 1.54) is 17.7 Å². The van der Waals surface area contributed by atoms with Crippen LogP contribution in [0.15, 0.2) is 27.4 Å². The monoisotopic (exact) mass is 346 g/mol. The van der Waals surface area contributed by atoms with Gasteiger partial charge < -0.3 is 14.2 Å². The molecule has 1 aromatic heterocycles. The van der Waals surface area contributed by atoms with Gasteiger partial charge in [-0.15, -0.1) is 0 Å². The number of rotatable bonds is 6. The Hall–Kier alpha value is -1.46. The zero-order chi connectivity index (χ0) is 17.1. The summed E-state index contributed by atoms with van der Waals surface area (Å²) in [7, 11) is 4.10. The lowest BCUT2D eigenvalue weighted by Gasteiger charge is -2.31. The quantitative estimate of drug-likeness (QED) is 0.644. The van der Waals surface area contributed by atoms with Crippen molar-refractivity contribution in [1.82, 2.24) is 4.90 Å². The van der Waals surface area contributed by atoms with Crippen molar-refractivity contribution in [2.75, 3.05) is 44.4 Å². The number of benzene rings is 1. The van der Waals surface area contributed by atoms with Crippen molar-refractivity contribution in [3.8, 4) is 0 Å². The van der Waals surface area contributed by atoms with E-state index in [9.17, 15) is 4.79 Å². The van der Waals surface area contributed by atoms with Crippen LogP contribution in [0.25, 0.3) is 11.0 Å². The normalized spacial score (nSPS) is 14.4. The first-order valence-corrected chi connectivity index (χ1v) is 9.32. The lowest BCUT2D eigenvalue weighted by atomic mass is 9.97. The van der Waals surface area contributed by atoms with Crippen molar-refractivity contribution < 1.29 is 4.42 Å². The Bertz CT molecular complexity index is 770. The Labute approximate surface area is 148 Å². The lowest BCUT2D eigenvalue weighted by Crippen LogP contribution is -2.30. The largest absolute Gasteiger partial charge is 0.423 e. The Morgan fingerprint density at radius 2 is 2.12 bits per heavy atom. The third-order valence-electron chi connectivity index (χ3n) is 4.66. The zero-order valence-electron chi connectivity index (χ0n) is 14.5. The zero-order valence-corrected chi connectivity index (χ0v) is 15.4. The minimum absolute atomic E-state index is 0.256. The molecule has 0 unspecified atom stereocenters. The first-order valence-electron chi connectivity index (χ1n) is 8.68. The number of likely N-dealkylation sites (N-methyl/N-ethyl adjacent to an activating group) is 1. The minimum atomic E-state index is -0.256. The molecule has 3 rings (SSSR count). The average molecular weight is 346 g/mol. The van der Waals surface area contributed by atoms with Crippen LogP contribution in [0.1, 0.15) is 24.0 Å². The van der Waals surface area contributed by atoms with Gasteiger partial charge in [-0.2, -0.15) is 12.6 Å². The lowest BCUT2D eigenvalue weighted by molar-refractivity contribution is 0.413. The first-order chi connectivity index (χ1) is 11.6. The Balaban J connectivity index is 2.03. The Kier molecular flexibility index (Phi) is 5.51. The summed E-state index contributed by atoms with van der Waals surface area (Å²) in [5.74, 6) is 0.892. The molecule has 0 fully saturated rings. The van der Waals surface area contributed by atoms with Crippen molar-refractivity contribution in [2.24, 2.45) is 0 Å². The maximum atomic E-state index is 12.0. The summed E-state index contributed by atoms with van der Waals surface area (Å²) < 4.78 is 5.52. The standard InChI is InChI=1S/C19H26N2O2S/c1-20(2)9-6-14-12-19(22)23-18-13-17-15(11-16(14)18)5-3-7-21(17)8-4-10-24/h11-13,24H,3-10H2,1-2H3. The second-order valence-corrected chi connectivity index (χ2v) is 7.24. The Morgan fingerprint density at radius 3 is 2.88 bits per heavy atom. The maximum absolute atomic E-state index is 12.0. The molecule has 0 bridgehead atoms. The van der Waals surface area contributed by atoms with Crippen LogP contribution in [0.3, 0.4) is 0 Å². The fourth-order valence-corrected chi connectivity index (χ4v) is 3.57. The summed E-state index contributed by atoms with van der Waals surface area (Å²) in [6, 6.07) is 5.97. The third-order valence-corrected chi connectivity index (χ3v) is 4.97. The molecule has 0 aliphatic carbocycles. The molecule has 4 nitrogen and oxygen atoms in total. The fourth-order valence-electron chi connectivity index (χ4n) is 3.43. The second-order valence-electron chi connectivity index (χ2n) is 6.79. The van der Waals surface area contributed by atoms with Crippen molar-refractivity contribution in [1.29, 1.82) is 0 Å². The molecule has 0 N–H and O–H groups in total. The summed E-state index contributed by atoms with van der Waals surface area (Å²) in [5, 5.41) is 1.09.